The number of aryl methyl sites for hydroxylation is 1. The number of halogens is 4. The molecule has 80 valence electrons. The molecular weight excluding hydrogens is 264 g/mol. The molecule has 2 rings (SSSR count). The Morgan fingerprint density at radius 3 is 2.44 bits per heavy atom. The molecule has 0 aliphatic carbocycles. The van der Waals surface area contributed by atoms with E-state index in [2.05, 4.69) is 0 Å². The van der Waals surface area contributed by atoms with Crippen LogP contribution in [0.1, 0.15) is 0 Å². The molecule has 0 spiro atoms. The number of rotatable bonds is 1. The molecule has 0 unspecified atom stereocenters. The molecule has 0 aliphatic heterocycles. The summed E-state index contributed by atoms with van der Waals surface area (Å²) in [5.41, 5.74) is -0.0285. The summed E-state index contributed by atoms with van der Waals surface area (Å²) >= 11 is 5.60. The molecule has 0 atom stereocenters. The van der Waals surface area contributed by atoms with Gasteiger partial charge >= 0.3 is 58.4 Å². The van der Waals surface area contributed by atoms with Gasteiger partial charge in [-0.1, -0.05) is 23.1 Å². The van der Waals surface area contributed by atoms with E-state index in [1.165, 1.54) is 6.07 Å². The van der Waals surface area contributed by atoms with E-state index < -0.39 is 12.4 Å². The van der Waals surface area contributed by atoms with Crippen LogP contribution in [0.4, 0.5) is 12.9 Å². The minimum Gasteiger partial charge on any atom is -0.445 e. The first-order valence-corrected chi connectivity index (χ1v) is 4.72. The van der Waals surface area contributed by atoms with E-state index in [1.807, 2.05) is 0 Å². The molecule has 0 bridgehead atoms. The largest absolute Gasteiger partial charge is 1.00 e. The standard InChI is InChI=1S/C9H7BClF3N.K/c1-15-3-2-6-4-7(10(12,13)14)8(11)5-9(6)15;/h2-5H,1H3;/q-1;+1. The number of aromatic nitrogens is 1. The van der Waals surface area contributed by atoms with Crippen LogP contribution in [0.3, 0.4) is 0 Å². The minimum atomic E-state index is -5.04. The summed E-state index contributed by atoms with van der Waals surface area (Å²) in [7, 11) is 1.76. The molecule has 16 heavy (non-hydrogen) atoms. The first-order valence-electron chi connectivity index (χ1n) is 4.34. The summed E-state index contributed by atoms with van der Waals surface area (Å²) in [6, 6.07) is 4.08. The normalized spacial score (nSPS) is 11.6. The van der Waals surface area contributed by atoms with Crippen LogP contribution in [0, 0.1) is 0 Å². The quantitative estimate of drug-likeness (QED) is 0.638. The molecule has 1 aromatic carbocycles. The maximum atomic E-state index is 12.6. The van der Waals surface area contributed by atoms with Crippen LogP contribution in [-0.4, -0.2) is 11.5 Å². The summed E-state index contributed by atoms with van der Waals surface area (Å²) in [5, 5.41) is 0.313. The van der Waals surface area contributed by atoms with Gasteiger partial charge < -0.3 is 17.5 Å². The van der Waals surface area contributed by atoms with Crippen molar-refractivity contribution in [2.45, 2.75) is 0 Å². The minimum absolute atomic E-state index is 0. The SMILES string of the molecule is Cn1ccc2cc([B-](F)(F)F)c(Cl)cc21.[K+]. The monoisotopic (exact) mass is 271 g/mol. The average molecular weight is 272 g/mol. The van der Waals surface area contributed by atoms with Gasteiger partial charge in [0.15, 0.2) is 0 Å². The molecule has 2 aromatic rings. The first kappa shape index (κ1) is 14.6. The van der Waals surface area contributed by atoms with E-state index in [9.17, 15) is 12.9 Å². The fraction of sp³-hybridized carbons (Fsp3) is 0.111. The van der Waals surface area contributed by atoms with Crippen molar-refractivity contribution >= 4 is 34.9 Å². The maximum absolute atomic E-state index is 12.6. The second-order valence-corrected chi connectivity index (χ2v) is 3.84. The fourth-order valence-electron chi connectivity index (χ4n) is 1.56. The Morgan fingerprint density at radius 1 is 1.25 bits per heavy atom. The molecule has 0 radical (unpaired) electrons. The van der Waals surface area contributed by atoms with E-state index in [4.69, 9.17) is 11.6 Å². The zero-order valence-corrected chi connectivity index (χ0v) is 12.7. The van der Waals surface area contributed by atoms with E-state index in [0.717, 1.165) is 6.07 Å². The number of nitrogens with zero attached hydrogens (tertiary/aromatic N) is 1. The van der Waals surface area contributed by atoms with Crippen molar-refractivity contribution in [3.63, 3.8) is 0 Å². The third-order valence-corrected chi connectivity index (χ3v) is 2.68. The molecule has 7 heteroatoms. The second kappa shape index (κ2) is 5.04. The van der Waals surface area contributed by atoms with Crippen LogP contribution in [0.15, 0.2) is 24.4 Å². The summed E-state index contributed by atoms with van der Waals surface area (Å²) in [6.07, 6.45) is 1.70. The molecule has 1 nitrogen and oxygen atoms in total. The van der Waals surface area contributed by atoms with Gasteiger partial charge in [0, 0.05) is 23.8 Å². The Bertz CT molecular complexity index is 523. The zero-order chi connectivity index (χ0) is 11.2. The third-order valence-electron chi connectivity index (χ3n) is 2.36. The molecule has 0 N–H and O–H groups in total. The number of benzene rings is 1. The third kappa shape index (κ3) is 2.68. The Kier molecular flexibility index (Phi) is 4.60. The number of hydrogen-bond donors (Lipinski definition) is 0. The van der Waals surface area contributed by atoms with Gasteiger partial charge in [0.25, 0.3) is 0 Å². The van der Waals surface area contributed by atoms with Crippen molar-refractivity contribution < 1.29 is 64.3 Å². The summed E-state index contributed by atoms with van der Waals surface area (Å²) in [6.45, 7) is -5.04. The predicted octanol–water partition coefficient (Wildman–Crippen LogP) is -0.110. The molecular formula is C9H7BClF3KN. The van der Waals surface area contributed by atoms with Crippen molar-refractivity contribution in [1.82, 2.24) is 4.57 Å². The Labute approximate surface area is 138 Å². The topological polar surface area (TPSA) is 4.93 Å². The van der Waals surface area contributed by atoms with Crippen molar-refractivity contribution in [1.29, 1.82) is 0 Å². The van der Waals surface area contributed by atoms with Crippen LogP contribution in [0.5, 0.6) is 0 Å². The van der Waals surface area contributed by atoms with Crippen LogP contribution in [0.25, 0.3) is 10.9 Å². The van der Waals surface area contributed by atoms with Gasteiger partial charge in [-0.3, -0.25) is 0 Å². The van der Waals surface area contributed by atoms with Gasteiger partial charge in [-0.15, -0.1) is 0 Å². The summed E-state index contributed by atoms with van der Waals surface area (Å²) in [4.78, 5) is 0. The molecule has 0 amide bonds. The Hall–Kier alpha value is 0.541. The fourth-order valence-corrected chi connectivity index (χ4v) is 1.84. The van der Waals surface area contributed by atoms with Crippen LogP contribution in [-0.2, 0) is 7.05 Å². The van der Waals surface area contributed by atoms with Crippen LogP contribution < -0.4 is 56.8 Å². The van der Waals surface area contributed by atoms with Crippen molar-refractivity contribution in [2.75, 3.05) is 0 Å². The number of hydrogen-bond acceptors (Lipinski definition) is 0. The molecule has 0 saturated carbocycles. The maximum Gasteiger partial charge on any atom is 1.00 e. The van der Waals surface area contributed by atoms with E-state index in [1.54, 1.807) is 23.9 Å². The summed E-state index contributed by atoms with van der Waals surface area (Å²) in [5.74, 6) is 0. The molecule has 0 fully saturated rings. The Balaban J connectivity index is 0.00000128. The van der Waals surface area contributed by atoms with E-state index in [0.29, 0.717) is 10.9 Å². The van der Waals surface area contributed by atoms with E-state index >= 15 is 0 Å². The smallest absolute Gasteiger partial charge is 0.445 e. The Morgan fingerprint density at radius 2 is 1.88 bits per heavy atom. The number of fused-ring (bicyclic) bond motifs is 1. The van der Waals surface area contributed by atoms with Crippen molar-refractivity contribution in [3.05, 3.63) is 29.4 Å². The molecule has 0 aliphatic rings. The van der Waals surface area contributed by atoms with Gasteiger partial charge in [-0.05, 0) is 17.5 Å². The van der Waals surface area contributed by atoms with Gasteiger partial charge in [-0.25, -0.2) is 0 Å². The molecule has 1 aromatic heterocycles. The van der Waals surface area contributed by atoms with Gasteiger partial charge in [0.05, 0.1) is 0 Å². The van der Waals surface area contributed by atoms with Gasteiger partial charge in [0.1, 0.15) is 0 Å². The van der Waals surface area contributed by atoms with Crippen LogP contribution >= 0.6 is 11.6 Å². The van der Waals surface area contributed by atoms with Gasteiger partial charge in [0.2, 0.25) is 0 Å². The van der Waals surface area contributed by atoms with Crippen molar-refractivity contribution in [3.8, 4) is 0 Å². The zero-order valence-electron chi connectivity index (χ0n) is 8.85. The van der Waals surface area contributed by atoms with Crippen molar-refractivity contribution in [2.24, 2.45) is 7.05 Å². The van der Waals surface area contributed by atoms with Gasteiger partial charge in [-0.2, -0.15) is 0 Å². The van der Waals surface area contributed by atoms with Crippen LogP contribution in [0.2, 0.25) is 5.02 Å². The second-order valence-electron chi connectivity index (χ2n) is 3.43. The predicted molar refractivity (Wildman–Crippen MR) is 56.6 cm³/mol. The average Bonchev–Trinajstić information content (AvgIpc) is 2.45. The molecule has 0 saturated heterocycles. The first-order chi connectivity index (χ1) is 6.89. The van der Waals surface area contributed by atoms with E-state index in [-0.39, 0.29) is 56.4 Å². The molecule has 1 heterocycles. The summed E-state index contributed by atoms with van der Waals surface area (Å²) < 4.78 is 39.4.